The van der Waals surface area contributed by atoms with Gasteiger partial charge in [0.05, 0.1) is 6.54 Å². The maximum absolute atomic E-state index is 13.5. The summed E-state index contributed by atoms with van der Waals surface area (Å²) in [6.07, 6.45) is 1.15. The van der Waals surface area contributed by atoms with Crippen LogP contribution in [0, 0.1) is 5.82 Å². The van der Waals surface area contributed by atoms with E-state index in [0.29, 0.717) is 17.1 Å². The number of ketones is 1. The lowest BCUT2D eigenvalue weighted by Gasteiger charge is -2.18. The summed E-state index contributed by atoms with van der Waals surface area (Å²) < 4.78 is 13.5. The summed E-state index contributed by atoms with van der Waals surface area (Å²) in [6.45, 7) is 4.06. The molecule has 0 saturated carbocycles. The molecule has 0 radical (unpaired) electrons. The third-order valence-electron chi connectivity index (χ3n) is 3.23. The molecule has 1 saturated heterocycles. The molecule has 19 heavy (non-hydrogen) atoms. The van der Waals surface area contributed by atoms with Crippen LogP contribution in [0.5, 0.6) is 0 Å². The summed E-state index contributed by atoms with van der Waals surface area (Å²) in [7, 11) is 0. The van der Waals surface area contributed by atoms with Crippen molar-refractivity contribution in [2.45, 2.75) is 12.8 Å². The van der Waals surface area contributed by atoms with Gasteiger partial charge in [-0.3, -0.25) is 9.69 Å². The standard InChI is InChI=1S/C14H18ClFN2O/c15-12-2-3-14(16)11(8-12)9-13(19)10-18-6-1-4-17-5-7-18/h2-3,8,17H,1,4-7,9-10H2. The molecule has 1 aliphatic heterocycles. The lowest BCUT2D eigenvalue weighted by atomic mass is 10.1. The molecule has 0 amide bonds. The van der Waals surface area contributed by atoms with Gasteiger partial charge < -0.3 is 5.32 Å². The van der Waals surface area contributed by atoms with Crippen LogP contribution in [0.1, 0.15) is 12.0 Å². The monoisotopic (exact) mass is 284 g/mol. The fourth-order valence-corrected chi connectivity index (χ4v) is 2.45. The number of carbonyl (C=O) groups excluding carboxylic acids is 1. The number of Topliss-reactive ketones (excluding diaryl/α,β-unsaturated/α-hetero) is 1. The Balaban J connectivity index is 1.91. The number of nitrogens with zero attached hydrogens (tertiary/aromatic N) is 1. The van der Waals surface area contributed by atoms with E-state index in [1.807, 2.05) is 0 Å². The molecule has 0 bridgehead atoms. The second-order valence-electron chi connectivity index (χ2n) is 4.83. The highest BCUT2D eigenvalue weighted by atomic mass is 35.5. The molecule has 0 aromatic heterocycles. The zero-order valence-electron chi connectivity index (χ0n) is 10.8. The van der Waals surface area contributed by atoms with Gasteiger partial charge in [-0.2, -0.15) is 0 Å². The molecule has 0 atom stereocenters. The van der Waals surface area contributed by atoms with Crippen molar-refractivity contribution in [3.8, 4) is 0 Å². The lowest BCUT2D eigenvalue weighted by Crippen LogP contribution is -2.33. The van der Waals surface area contributed by atoms with Crippen LogP contribution in [0.25, 0.3) is 0 Å². The zero-order chi connectivity index (χ0) is 13.7. The van der Waals surface area contributed by atoms with Crippen LogP contribution >= 0.6 is 11.6 Å². The van der Waals surface area contributed by atoms with Gasteiger partial charge in [0.2, 0.25) is 0 Å². The molecular weight excluding hydrogens is 267 g/mol. The van der Waals surface area contributed by atoms with Crippen LogP contribution in [0.4, 0.5) is 4.39 Å². The van der Waals surface area contributed by atoms with Gasteiger partial charge in [-0.25, -0.2) is 4.39 Å². The van der Waals surface area contributed by atoms with Gasteiger partial charge in [0.25, 0.3) is 0 Å². The molecule has 2 rings (SSSR count). The zero-order valence-corrected chi connectivity index (χ0v) is 11.5. The van der Waals surface area contributed by atoms with Crippen molar-refractivity contribution in [2.75, 3.05) is 32.7 Å². The van der Waals surface area contributed by atoms with Crippen molar-refractivity contribution in [1.29, 1.82) is 0 Å². The van der Waals surface area contributed by atoms with Crippen LogP contribution in [-0.2, 0) is 11.2 Å². The van der Waals surface area contributed by atoms with Crippen LogP contribution in [0.2, 0.25) is 5.02 Å². The van der Waals surface area contributed by atoms with Gasteiger partial charge in [-0.05, 0) is 43.3 Å². The molecule has 1 aliphatic rings. The minimum absolute atomic E-state index is 0.0306. The van der Waals surface area contributed by atoms with Gasteiger partial charge in [-0.15, -0.1) is 0 Å². The number of benzene rings is 1. The normalized spacial score (nSPS) is 17.2. The highest BCUT2D eigenvalue weighted by molar-refractivity contribution is 6.30. The number of nitrogens with one attached hydrogen (secondary N) is 1. The van der Waals surface area contributed by atoms with E-state index in [1.54, 1.807) is 0 Å². The van der Waals surface area contributed by atoms with Crippen LogP contribution in [0.15, 0.2) is 18.2 Å². The Bertz CT molecular complexity index is 445. The average molecular weight is 285 g/mol. The summed E-state index contributed by atoms with van der Waals surface area (Å²) >= 11 is 5.82. The molecule has 0 aliphatic carbocycles. The fraction of sp³-hybridized carbons (Fsp3) is 0.500. The second kappa shape index (κ2) is 6.98. The average Bonchev–Trinajstić information content (AvgIpc) is 2.62. The molecular formula is C14H18ClFN2O. The Labute approximate surface area is 117 Å². The molecule has 1 fully saturated rings. The molecule has 0 spiro atoms. The number of halogens is 2. The van der Waals surface area contributed by atoms with Gasteiger partial charge in [0.1, 0.15) is 5.82 Å². The second-order valence-corrected chi connectivity index (χ2v) is 5.27. The summed E-state index contributed by atoms with van der Waals surface area (Å²) in [5, 5.41) is 3.75. The predicted molar refractivity (Wildman–Crippen MR) is 74.0 cm³/mol. The topological polar surface area (TPSA) is 32.3 Å². The molecule has 1 N–H and O–H groups in total. The van der Waals surface area contributed by atoms with E-state index < -0.39 is 0 Å². The molecule has 3 nitrogen and oxygen atoms in total. The predicted octanol–water partition coefficient (Wildman–Crippen LogP) is 1.89. The number of carbonyl (C=O) groups is 1. The minimum Gasteiger partial charge on any atom is -0.315 e. The maximum atomic E-state index is 13.5. The van der Waals surface area contributed by atoms with E-state index in [9.17, 15) is 9.18 Å². The first-order valence-electron chi connectivity index (χ1n) is 6.54. The number of hydrogen-bond acceptors (Lipinski definition) is 3. The summed E-state index contributed by atoms with van der Waals surface area (Å²) in [4.78, 5) is 14.1. The number of hydrogen-bond donors (Lipinski definition) is 1. The van der Waals surface area contributed by atoms with Gasteiger partial charge >= 0.3 is 0 Å². The molecule has 1 heterocycles. The fourth-order valence-electron chi connectivity index (χ4n) is 2.26. The van der Waals surface area contributed by atoms with Crippen LogP contribution in [0.3, 0.4) is 0 Å². The Morgan fingerprint density at radius 3 is 3.05 bits per heavy atom. The minimum atomic E-state index is -0.365. The largest absolute Gasteiger partial charge is 0.315 e. The molecule has 1 aromatic rings. The van der Waals surface area contributed by atoms with Gasteiger partial charge in [-0.1, -0.05) is 11.6 Å². The first-order chi connectivity index (χ1) is 9.15. The van der Waals surface area contributed by atoms with Crippen molar-refractivity contribution < 1.29 is 9.18 Å². The Morgan fingerprint density at radius 2 is 2.21 bits per heavy atom. The van der Waals surface area contributed by atoms with E-state index in [0.717, 1.165) is 32.6 Å². The van der Waals surface area contributed by atoms with Gasteiger partial charge in [0, 0.05) is 24.5 Å². The van der Waals surface area contributed by atoms with Crippen molar-refractivity contribution in [1.82, 2.24) is 10.2 Å². The van der Waals surface area contributed by atoms with Gasteiger partial charge in [0.15, 0.2) is 5.78 Å². The molecule has 0 unspecified atom stereocenters. The SMILES string of the molecule is O=C(Cc1cc(Cl)ccc1F)CN1CCCNCC1. The molecule has 104 valence electrons. The highest BCUT2D eigenvalue weighted by Gasteiger charge is 2.14. The third-order valence-corrected chi connectivity index (χ3v) is 3.46. The van der Waals surface area contributed by atoms with Crippen molar-refractivity contribution in [2.24, 2.45) is 0 Å². The van der Waals surface area contributed by atoms with E-state index in [-0.39, 0.29) is 18.0 Å². The highest BCUT2D eigenvalue weighted by Crippen LogP contribution is 2.15. The first kappa shape index (κ1) is 14.4. The van der Waals surface area contributed by atoms with Crippen LogP contribution in [-0.4, -0.2) is 43.4 Å². The summed E-state index contributed by atoms with van der Waals surface area (Å²) in [5.74, 6) is -0.335. The van der Waals surface area contributed by atoms with Crippen molar-refractivity contribution in [3.63, 3.8) is 0 Å². The van der Waals surface area contributed by atoms with E-state index in [2.05, 4.69) is 10.2 Å². The lowest BCUT2D eigenvalue weighted by molar-refractivity contribution is -0.119. The number of rotatable bonds is 4. The van der Waals surface area contributed by atoms with Crippen LogP contribution < -0.4 is 5.32 Å². The van der Waals surface area contributed by atoms with Crippen molar-refractivity contribution >= 4 is 17.4 Å². The smallest absolute Gasteiger partial charge is 0.151 e. The molecule has 5 heteroatoms. The van der Waals surface area contributed by atoms with E-state index >= 15 is 0 Å². The van der Waals surface area contributed by atoms with E-state index in [1.165, 1.54) is 18.2 Å². The quantitative estimate of drug-likeness (QED) is 0.916. The van der Waals surface area contributed by atoms with E-state index in [4.69, 9.17) is 11.6 Å². The Hall–Kier alpha value is -0.970. The van der Waals surface area contributed by atoms with Crippen molar-refractivity contribution in [3.05, 3.63) is 34.6 Å². The third kappa shape index (κ3) is 4.56. The maximum Gasteiger partial charge on any atom is 0.151 e. The Kier molecular flexibility index (Phi) is 5.31. The summed E-state index contributed by atoms with van der Waals surface area (Å²) in [5.41, 5.74) is 0.380. The Morgan fingerprint density at radius 1 is 1.37 bits per heavy atom. The molecule has 1 aromatic carbocycles. The first-order valence-corrected chi connectivity index (χ1v) is 6.91. The summed E-state index contributed by atoms with van der Waals surface area (Å²) in [6, 6.07) is 4.32.